The Hall–Kier alpha value is -2.22. The summed E-state index contributed by atoms with van der Waals surface area (Å²) in [5.74, 6) is 0.735. The molecule has 2 nitrogen and oxygen atoms in total. The van der Waals surface area contributed by atoms with Gasteiger partial charge in [-0.25, -0.2) is 9.97 Å². The third-order valence-corrected chi connectivity index (χ3v) is 4.12. The van der Waals surface area contributed by atoms with E-state index in [1.165, 1.54) is 41.5 Å². The van der Waals surface area contributed by atoms with Crippen molar-refractivity contribution in [3.63, 3.8) is 0 Å². The second kappa shape index (κ2) is 6.04. The molecule has 1 aromatic carbocycles. The van der Waals surface area contributed by atoms with Crippen LogP contribution in [0.2, 0.25) is 0 Å². The van der Waals surface area contributed by atoms with Gasteiger partial charge >= 0.3 is 0 Å². The van der Waals surface area contributed by atoms with Crippen LogP contribution < -0.4 is 0 Å². The van der Waals surface area contributed by atoms with E-state index in [0.717, 1.165) is 24.2 Å². The Balaban J connectivity index is 1.63. The van der Waals surface area contributed by atoms with Crippen LogP contribution in [0.5, 0.6) is 0 Å². The van der Waals surface area contributed by atoms with Crippen LogP contribution in [-0.2, 0) is 12.8 Å². The predicted molar refractivity (Wildman–Crippen MR) is 87.8 cm³/mol. The molecule has 0 bridgehead atoms. The van der Waals surface area contributed by atoms with E-state index in [1.807, 2.05) is 6.07 Å². The van der Waals surface area contributed by atoms with Crippen molar-refractivity contribution >= 4 is 11.1 Å². The molecule has 0 saturated carbocycles. The molecule has 2 heteroatoms. The first-order valence-corrected chi connectivity index (χ1v) is 7.49. The predicted octanol–water partition coefficient (Wildman–Crippen LogP) is 4.47. The van der Waals surface area contributed by atoms with Crippen molar-refractivity contribution in [2.75, 3.05) is 0 Å². The molecule has 0 saturated heterocycles. The minimum absolute atomic E-state index is 0.735. The summed E-state index contributed by atoms with van der Waals surface area (Å²) in [4.78, 5) is 8.47. The summed E-state index contributed by atoms with van der Waals surface area (Å²) in [7, 11) is 0. The molecule has 1 aliphatic rings. The maximum absolute atomic E-state index is 4.24. The number of allylic oxidation sites excluding steroid dienone is 2. The van der Waals surface area contributed by atoms with Crippen LogP contribution in [-0.4, -0.2) is 9.97 Å². The van der Waals surface area contributed by atoms with E-state index in [1.54, 1.807) is 12.4 Å². The maximum atomic E-state index is 4.24. The minimum atomic E-state index is 0.735. The van der Waals surface area contributed by atoms with Gasteiger partial charge in [0.1, 0.15) is 0 Å². The van der Waals surface area contributed by atoms with E-state index in [0.29, 0.717) is 0 Å². The van der Waals surface area contributed by atoms with Crippen LogP contribution in [0.4, 0.5) is 0 Å². The van der Waals surface area contributed by atoms with Crippen LogP contribution in [0.25, 0.3) is 11.1 Å². The second-order valence-corrected chi connectivity index (χ2v) is 5.62. The highest BCUT2D eigenvalue weighted by Crippen LogP contribution is 2.28. The first kappa shape index (κ1) is 13.7. The molecule has 21 heavy (non-hydrogen) atoms. The molecule has 1 aromatic heterocycles. The van der Waals surface area contributed by atoms with Gasteiger partial charge in [0.15, 0.2) is 5.82 Å². The highest BCUT2D eigenvalue weighted by atomic mass is 14.9. The van der Waals surface area contributed by atoms with Crippen LogP contribution in [0.1, 0.15) is 41.8 Å². The first-order valence-electron chi connectivity index (χ1n) is 7.49. The lowest BCUT2D eigenvalue weighted by atomic mass is 9.97. The van der Waals surface area contributed by atoms with Gasteiger partial charge in [0, 0.05) is 12.4 Å². The molecule has 1 aliphatic carbocycles. The number of hydrogen-bond donors (Lipinski definition) is 0. The van der Waals surface area contributed by atoms with E-state index >= 15 is 0 Å². The van der Waals surface area contributed by atoms with Gasteiger partial charge in [-0.1, -0.05) is 31.4 Å². The van der Waals surface area contributed by atoms with E-state index in [2.05, 4.69) is 41.3 Å². The van der Waals surface area contributed by atoms with Crippen LogP contribution in [0, 0.1) is 0 Å². The number of rotatable bonds is 5. The molecule has 0 fully saturated rings. The van der Waals surface area contributed by atoms with Gasteiger partial charge in [-0.3, -0.25) is 0 Å². The maximum Gasteiger partial charge on any atom is 0.154 e. The summed E-state index contributed by atoms with van der Waals surface area (Å²) in [6, 6.07) is 8.60. The lowest BCUT2D eigenvalue weighted by Gasteiger charge is -2.09. The molecule has 0 radical (unpaired) electrons. The van der Waals surface area contributed by atoms with Crippen LogP contribution in [0.15, 0.2) is 49.8 Å². The van der Waals surface area contributed by atoms with Crippen molar-refractivity contribution in [2.45, 2.75) is 32.1 Å². The Morgan fingerprint density at radius 2 is 1.67 bits per heavy atom. The fourth-order valence-electron chi connectivity index (χ4n) is 2.83. The van der Waals surface area contributed by atoms with Crippen molar-refractivity contribution in [1.29, 1.82) is 0 Å². The normalized spacial score (nSPS) is 13.0. The van der Waals surface area contributed by atoms with Crippen molar-refractivity contribution in [1.82, 2.24) is 9.97 Å². The van der Waals surface area contributed by atoms with Crippen molar-refractivity contribution in [3.8, 4) is 0 Å². The van der Waals surface area contributed by atoms with Crippen LogP contribution >= 0.6 is 0 Å². The topological polar surface area (TPSA) is 25.8 Å². The molecule has 0 spiro atoms. The summed E-state index contributed by atoms with van der Waals surface area (Å²) in [5.41, 5.74) is 6.41. The lowest BCUT2D eigenvalue weighted by Crippen LogP contribution is -1.93. The Morgan fingerprint density at radius 3 is 2.48 bits per heavy atom. The number of aryl methyl sites for hydroxylation is 2. The average Bonchev–Trinajstić information content (AvgIpc) is 3.00. The summed E-state index contributed by atoms with van der Waals surface area (Å²) in [6.45, 7) is 8.32. The molecule has 3 rings (SSSR count). The zero-order chi connectivity index (χ0) is 14.7. The first-order chi connectivity index (χ1) is 10.2. The van der Waals surface area contributed by atoms with E-state index in [-0.39, 0.29) is 0 Å². The Bertz CT molecular complexity index is 671. The zero-order valence-corrected chi connectivity index (χ0v) is 12.3. The zero-order valence-electron chi connectivity index (χ0n) is 12.3. The number of nitrogens with zero attached hydrogens (tertiary/aromatic N) is 2. The fourth-order valence-corrected chi connectivity index (χ4v) is 2.83. The number of fused-ring (bicyclic) bond motifs is 1. The molecular weight excluding hydrogens is 256 g/mol. The van der Waals surface area contributed by atoms with Crippen molar-refractivity contribution < 1.29 is 0 Å². The monoisotopic (exact) mass is 276 g/mol. The van der Waals surface area contributed by atoms with Gasteiger partial charge in [0.05, 0.1) is 0 Å². The standard InChI is InChI=1S/C19H20N2/c1-14(7-8-15(2)19-20-11-4-12-21-19)17-10-9-16-5-3-6-18(16)13-17/h4,9-13H,1-3,5-8H2. The summed E-state index contributed by atoms with van der Waals surface area (Å²) < 4.78 is 0. The molecule has 0 unspecified atom stereocenters. The van der Waals surface area contributed by atoms with Crippen molar-refractivity contribution in [2.24, 2.45) is 0 Å². The molecule has 0 N–H and O–H groups in total. The molecule has 0 atom stereocenters. The second-order valence-electron chi connectivity index (χ2n) is 5.62. The molecule has 1 heterocycles. The van der Waals surface area contributed by atoms with Crippen molar-refractivity contribution in [3.05, 3.63) is 72.3 Å². The average molecular weight is 276 g/mol. The molecule has 0 amide bonds. The van der Waals surface area contributed by atoms with Gasteiger partial charge in [-0.05, 0) is 66.0 Å². The fraction of sp³-hybridized carbons (Fsp3) is 0.263. The molecular formula is C19H20N2. The largest absolute Gasteiger partial charge is 0.237 e. The number of hydrogen-bond acceptors (Lipinski definition) is 2. The minimum Gasteiger partial charge on any atom is -0.237 e. The SMILES string of the molecule is C=C(CCC(=C)c1ncccn1)c1ccc2c(c1)CCC2. The van der Waals surface area contributed by atoms with Gasteiger partial charge < -0.3 is 0 Å². The van der Waals surface area contributed by atoms with E-state index in [4.69, 9.17) is 0 Å². The molecule has 2 aromatic rings. The third-order valence-electron chi connectivity index (χ3n) is 4.12. The quantitative estimate of drug-likeness (QED) is 0.805. The Morgan fingerprint density at radius 1 is 0.952 bits per heavy atom. The van der Waals surface area contributed by atoms with E-state index < -0.39 is 0 Å². The summed E-state index contributed by atoms with van der Waals surface area (Å²) >= 11 is 0. The smallest absolute Gasteiger partial charge is 0.154 e. The molecule has 106 valence electrons. The highest BCUT2D eigenvalue weighted by molar-refractivity contribution is 5.67. The van der Waals surface area contributed by atoms with Gasteiger partial charge in [-0.2, -0.15) is 0 Å². The van der Waals surface area contributed by atoms with Gasteiger partial charge in [-0.15, -0.1) is 0 Å². The summed E-state index contributed by atoms with van der Waals surface area (Å²) in [5, 5.41) is 0. The number of benzene rings is 1. The van der Waals surface area contributed by atoms with Gasteiger partial charge in [0.2, 0.25) is 0 Å². The Kier molecular flexibility index (Phi) is 3.96. The lowest BCUT2D eigenvalue weighted by molar-refractivity contribution is 0.911. The Labute approximate surface area is 126 Å². The summed E-state index contributed by atoms with van der Waals surface area (Å²) in [6.07, 6.45) is 8.97. The van der Waals surface area contributed by atoms with Gasteiger partial charge in [0.25, 0.3) is 0 Å². The van der Waals surface area contributed by atoms with E-state index in [9.17, 15) is 0 Å². The molecule has 0 aliphatic heterocycles. The highest BCUT2D eigenvalue weighted by Gasteiger charge is 2.12. The number of aromatic nitrogens is 2. The third kappa shape index (κ3) is 3.10. The van der Waals surface area contributed by atoms with Crippen LogP contribution in [0.3, 0.4) is 0 Å².